The quantitative estimate of drug-likeness (QED) is 0.819. The average Bonchev–Trinajstić information content (AvgIpc) is 2.61. The molecule has 0 fully saturated rings. The molecule has 1 heterocycles. The second-order valence-corrected chi connectivity index (χ2v) is 9.45. The van der Waals surface area contributed by atoms with Crippen LogP contribution in [0.15, 0.2) is 36.4 Å². The second-order valence-electron chi connectivity index (χ2n) is 7.10. The minimum absolute atomic E-state index is 0.114. The Balaban J connectivity index is 1.84. The van der Waals surface area contributed by atoms with Gasteiger partial charge in [-0.2, -0.15) is 0 Å². The van der Waals surface area contributed by atoms with Crippen LogP contribution in [0.5, 0.6) is 5.75 Å². The zero-order valence-corrected chi connectivity index (χ0v) is 17.8. The number of rotatable bonds is 4. The highest BCUT2D eigenvalue weighted by Gasteiger charge is 2.35. The van der Waals surface area contributed by atoms with Crippen molar-refractivity contribution in [3.8, 4) is 5.75 Å². The van der Waals surface area contributed by atoms with E-state index in [-0.39, 0.29) is 18.5 Å². The van der Waals surface area contributed by atoms with Gasteiger partial charge >= 0.3 is 0 Å². The number of hydrogen-bond acceptors (Lipinski definition) is 4. The summed E-state index contributed by atoms with van der Waals surface area (Å²) in [6.07, 6.45) is 0.132. The first kappa shape index (κ1) is 20.5. The molecule has 6 nitrogen and oxygen atoms in total. The molecule has 0 bridgehead atoms. The number of hydrogen-bond donors (Lipinski definition) is 1. The van der Waals surface area contributed by atoms with Crippen LogP contribution in [0, 0.1) is 13.8 Å². The lowest BCUT2D eigenvalue weighted by atomic mass is 10.00. The first-order chi connectivity index (χ1) is 13.1. The van der Waals surface area contributed by atoms with Gasteiger partial charge in [0.15, 0.2) is 6.10 Å². The van der Waals surface area contributed by atoms with E-state index in [0.29, 0.717) is 16.5 Å². The lowest BCUT2D eigenvalue weighted by Crippen LogP contribution is -2.50. The highest BCUT2D eigenvalue weighted by Crippen LogP contribution is 2.37. The zero-order valence-electron chi connectivity index (χ0n) is 16.2. The van der Waals surface area contributed by atoms with Crippen molar-refractivity contribution in [2.75, 3.05) is 17.1 Å². The minimum atomic E-state index is -3.60. The molecule has 0 radical (unpaired) electrons. The SMILES string of the molecule is Cc1ccc(C)c([C@H](C)NC(=O)[C@@H]2CN(S(C)(=O)=O)c3cc(Cl)ccc3O2)c1. The third-order valence-corrected chi connectivity index (χ3v) is 6.12. The number of ether oxygens (including phenoxy) is 1. The molecule has 28 heavy (non-hydrogen) atoms. The number of fused-ring (bicyclic) bond motifs is 1. The van der Waals surface area contributed by atoms with Crippen molar-refractivity contribution >= 4 is 33.2 Å². The van der Waals surface area contributed by atoms with Crippen LogP contribution >= 0.6 is 11.6 Å². The third-order valence-electron chi connectivity index (χ3n) is 4.74. The molecule has 0 saturated carbocycles. The smallest absolute Gasteiger partial charge is 0.263 e. The van der Waals surface area contributed by atoms with Crippen molar-refractivity contribution in [2.24, 2.45) is 0 Å². The summed E-state index contributed by atoms with van der Waals surface area (Å²) in [4.78, 5) is 12.8. The largest absolute Gasteiger partial charge is 0.476 e. The maximum Gasteiger partial charge on any atom is 0.263 e. The number of halogens is 1. The fraction of sp³-hybridized carbons (Fsp3) is 0.350. The number of carbonyl (C=O) groups is 1. The first-order valence-electron chi connectivity index (χ1n) is 8.87. The van der Waals surface area contributed by atoms with Crippen LogP contribution in [0.1, 0.15) is 29.7 Å². The molecule has 3 rings (SSSR count). The summed E-state index contributed by atoms with van der Waals surface area (Å²) in [7, 11) is -3.60. The summed E-state index contributed by atoms with van der Waals surface area (Å²) in [5.74, 6) is -0.0664. The Hall–Kier alpha value is -2.25. The number of sulfonamides is 1. The van der Waals surface area contributed by atoms with Gasteiger partial charge in [-0.15, -0.1) is 0 Å². The monoisotopic (exact) mass is 422 g/mol. The number of nitrogens with zero attached hydrogens (tertiary/aromatic N) is 1. The fourth-order valence-electron chi connectivity index (χ4n) is 3.29. The summed E-state index contributed by atoms with van der Waals surface area (Å²) < 4.78 is 31.4. The van der Waals surface area contributed by atoms with Crippen LogP contribution in [0.25, 0.3) is 0 Å². The summed E-state index contributed by atoms with van der Waals surface area (Å²) in [6.45, 7) is 5.76. The van der Waals surface area contributed by atoms with E-state index in [1.54, 1.807) is 12.1 Å². The third kappa shape index (κ3) is 4.25. The van der Waals surface area contributed by atoms with E-state index in [0.717, 1.165) is 27.3 Å². The molecule has 150 valence electrons. The van der Waals surface area contributed by atoms with Gasteiger partial charge in [-0.3, -0.25) is 9.10 Å². The average molecular weight is 423 g/mol. The highest BCUT2D eigenvalue weighted by atomic mass is 35.5. The van der Waals surface area contributed by atoms with Gasteiger partial charge in [-0.1, -0.05) is 35.4 Å². The van der Waals surface area contributed by atoms with E-state index in [1.807, 2.05) is 39.0 Å². The van der Waals surface area contributed by atoms with E-state index in [9.17, 15) is 13.2 Å². The van der Waals surface area contributed by atoms with Crippen molar-refractivity contribution < 1.29 is 17.9 Å². The second kappa shape index (κ2) is 7.64. The number of amides is 1. The Kier molecular flexibility index (Phi) is 5.59. The Morgan fingerprint density at radius 3 is 2.64 bits per heavy atom. The van der Waals surface area contributed by atoms with Gasteiger partial charge in [0.1, 0.15) is 5.75 Å². The lowest BCUT2D eigenvalue weighted by molar-refractivity contribution is -0.128. The van der Waals surface area contributed by atoms with Gasteiger partial charge in [0.05, 0.1) is 24.5 Å². The molecule has 2 aromatic carbocycles. The van der Waals surface area contributed by atoms with Crippen molar-refractivity contribution in [1.82, 2.24) is 5.32 Å². The van der Waals surface area contributed by atoms with Crippen LogP contribution in [-0.2, 0) is 14.8 Å². The molecular weight excluding hydrogens is 400 g/mol. The molecule has 1 N–H and O–H groups in total. The molecule has 1 aliphatic heterocycles. The standard InChI is InChI=1S/C20H23ClN2O4S/c1-12-5-6-13(2)16(9-12)14(3)22-20(24)19-11-23(28(4,25)26)17-10-15(21)7-8-18(17)27-19/h5-10,14,19H,11H2,1-4H3,(H,22,24)/t14-,19-/m0/s1. The van der Waals surface area contributed by atoms with E-state index in [4.69, 9.17) is 16.3 Å². The number of nitrogens with one attached hydrogen (secondary N) is 1. The molecule has 0 spiro atoms. The fourth-order valence-corrected chi connectivity index (χ4v) is 4.36. The number of carbonyl (C=O) groups excluding carboxylic acids is 1. The number of aryl methyl sites for hydroxylation is 2. The van der Waals surface area contributed by atoms with Crippen LogP contribution in [0.2, 0.25) is 5.02 Å². The van der Waals surface area contributed by atoms with Crippen molar-refractivity contribution in [2.45, 2.75) is 32.9 Å². The van der Waals surface area contributed by atoms with Gasteiger partial charge in [0.25, 0.3) is 5.91 Å². The molecule has 1 aliphatic rings. The zero-order chi connectivity index (χ0) is 20.6. The van der Waals surface area contributed by atoms with Gasteiger partial charge < -0.3 is 10.1 Å². The molecule has 8 heteroatoms. The predicted octanol–water partition coefficient (Wildman–Crippen LogP) is 3.36. The Labute approximate surface area is 170 Å². The molecule has 0 aromatic heterocycles. The number of anilines is 1. The van der Waals surface area contributed by atoms with E-state index < -0.39 is 16.1 Å². The van der Waals surface area contributed by atoms with Crippen LogP contribution in [0.3, 0.4) is 0 Å². The molecule has 0 unspecified atom stereocenters. The molecule has 0 saturated heterocycles. The maximum absolute atomic E-state index is 12.8. The molecule has 0 aliphatic carbocycles. The number of benzene rings is 2. The molecule has 2 aromatic rings. The first-order valence-corrected chi connectivity index (χ1v) is 11.1. The van der Waals surface area contributed by atoms with Crippen LogP contribution in [0.4, 0.5) is 5.69 Å². The summed E-state index contributed by atoms with van der Waals surface area (Å²) in [5, 5.41) is 3.33. The minimum Gasteiger partial charge on any atom is -0.476 e. The molecule has 2 atom stereocenters. The molecular formula is C20H23ClN2O4S. The van der Waals surface area contributed by atoms with E-state index in [1.165, 1.54) is 6.07 Å². The van der Waals surface area contributed by atoms with Crippen LogP contribution in [-0.4, -0.2) is 33.2 Å². The van der Waals surface area contributed by atoms with Gasteiger partial charge in [0, 0.05) is 5.02 Å². The van der Waals surface area contributed by atoms with Crippen molar-refractivity contribution in [3.05, 3.63) is 58.1 Å². The van der Waals surface area contributed by atoms with Gasteiger partial charge in [0.2, 0.25) is 10.0 Å². The summed E-state index contributed by atoms with van der Waals surface area (Å²) in [6, 6.07) is 10.5. The Bertz CT molecular complexity index is 1020. The van der Waals surface area contributed by atoms with Crippen LogP contribution < -0.4 is 14.4 Å². The van der Waals surface area contributed by atoms with E-state index >= 15 is 0 Å². The van der Waals surface area contributed by atoms with E-state index in [2.05, 4.69) is 5.32 Å². The predicted molar refractivity (Wildman–Crippen MR) is 111 cm³/mol. The van der Waals surface area contributed by atoms with Gasteiger partial charge in [-0.25, -0.2) is 8.42 Å². The normalized spacial score (nSPS) is 17.5. The summed E-state index contributed by atoms with van der Waals surface area (Å²) >= 11 is 6.00. The summed E-state index contributed by atoms with van der Waals surface area (Å²) in [5.41, 5.74) is 3.52. The van der Waals surface area contributed by atoms with Crippen molar-refractivity contribution in [1.29, 1.82) is 0 Å². The van der Waals surface area contributed by atoms with Crippen molar-refractivity contribution in [3.63, 3.8) is 0 Å². The lowest BCUT2D eigenvalue weighted by Gasteiger charge is -2.34. The maximum atomic E-state index is 12.8. The topological polar surface area (TPSA) is 75.7 Å². The van der Waals surface area contributed by atoms with Gasteiger partial charge in [-0.05, 0) is 50.1 Å². The Morgan fingerprint density at radius 1 is 1.25 bits per heavy atom. The Morgan fingerprint density at radius 2 is 1.96 bits per heavy atom. The molecule has 1 amide bonds. The highest BCUT2D eigenvalue weighted by molar-refractivity contribution is 7.92.